The molecule has 1 amide bonds. The van der Waals surface area contributed by atoms with Crippen LogP contribution in [0.25, 0.3) is 0 Å². The van der Waals surface area contributed by atoms with Crippen molar-refractivity contribution in [3.05, 3.63) is 23.4 Å². The van der Waals surface area contributed by atoms with E-state index in [1.165, 1.54) is 0 Å². The van der Waals surface area contributed by atoms with Gasteiger partial charge in [0.25, 0.3) is 5.91 Å². The van der Waals surface area contributed by atoms with Crippen LogP contribution in [0.15, 0.2) is 28.4 Å². The number of amides is 1. The first kappa shape index (κ1) is 11.8. The van der Waals surface area contributed by atoms with Gasteiger partial charge in [0.1, 0.15) is 5.70 Å². The molecule has 0 aromatic carbocycles. The maximum absolute atomic E-state index is 11.8. The van der Waals surface area contributed by atoms with E-state index < -0.39 is 0 Å². The second kappa shape index (κ2) is 3.98. The standard InChI is InChI=1S/C12H15IN2O/c1-8(2)12(3)5-4-9-6-15(13)11(16)10(9)14-7-12/h4-5,7-8H,6H2,1-3H3. The predicted molar refractivity (Wildman–Crippen MR) is 73.3 cm³/mol. The van der Waals surface area contributed by atoms with Gasteiger partial charge in [0, 0.05) is 17.2 Å². The summed E-state index contributed by atoms with van der Waals surface area (Å²) < 4.78 is 1.67. The number of hydrogen-bond donors (Lipinski definition) is 0. The van der Waals surface area contributed by atoms with Crippen molar-refractivity contribution in [2.45, 2.75) is 20.8 Å². The van der Waals surface area contributed by atoms with E-state index in [4.69, 9.17) is 0 Å². The topological polar surface area (TPSA) is 32.7 Å². The smallest absolute Gasteiger partial charge is 0.275 e. The van der Waals surface area contributed by atoms with Gasteiger partial charge >= 0.3 is 0 Å². The molecule has 0 aliphatic carbocycles. The molecule has 0 saturated carbocycles. The predicted octanol–water partition coefficient (Wildman–Crippen LogP) is 2.74. The Labute approximate surface area is 110 Å². The largest absolute Gasteiger partial charge is 0.281 e. The monoisotopic (exact) mass is 330 g/mol. The third kappa shape index (κ3) is 1.83. The number of nitrogens with zero attached hydrogens (tertiary/aromatic N) is 2. The number of allylic oxidation sites excluding steroid dienone is 1. The van der Waals surface area contributed by atoms with Crippen molar-refractivity contribution in [1.29, 1.82) is 0 Å². The molecule has 16 heavy (non-hydrogen) atoms. The first-order valence-corrected chi connectivity index (χ1v) is 6.36. The summed E-state index contributed by atoms with van der Waals surface area (Å²) in [5.41, 5.74) is 1.58. The van der Waals surface area contributed by atoms with Gasteiger partial charge in [0.2, 0.25) is 0 Å². The highest BCUT2D eigenvalue weighted by atomic mass is 127. The summed E-state index contributed by atoms with van der Waals surface area (Å²) in [6.45, 7) is 7.14. The maximum Gasteiger partial charge on any atom is 0.281 e. The number of halogens is 1. The van der Waals surface area contributed by atoms with Crippen LogP contribution >= 0.6 is 22.9 Å². The minimum Gasteiger partial charge on any atom is -0.275 e. The molecule has 0 spiro atoms. The van der Waals surface area contributed by atoms with Crippen LogP contribution in [0, 0.1) is 11.3 Å². The van der Waals surface area contributed by atoms with Gasteiger partial charge in [-0.2, -0.15) is 0 Å². The molecule has 0 N–H and O–H groups in total. The minimum atomic E-state index is -0.0548. The highest BCUT2D eigenvalue weighted by Crippen LogP contribution is 2.33. The highest BCUT2D eigenvalue weighted by molar-refractivity contribution is 14.1. The average molecular weight is 330 g/mol. The Balaban J connectivity index is 2.36. The maximum atomic E-state index is 11.8. The van der Waals surface area contributed by atoms with Crippen LogP contribution in [0.4, 0.5) is 0 Å². The van der Waals surface area contributed by atoms with Crippen molar-refractivity contribution < 1.29 is 4.79 Å². The number of aliphatic imine (C=N–C) groups is 1. The van der Waals surface area contributed by atoms with E-state index in [1.807, 2.05) is 29.1 Å². The zero-order chi connectivity index (χ0) is 11.9. The molecule has 4 heteroatoms. The molecular formula is C12H15IN2O. The molecule has 3 nitrogen and oxygen atoms in total. The number of rotatable bonds is 1. The second-order valence-corrected chi connectivity index (χ2v) is 5.98. The van der Waals surface area contributed by atoms with Crippen LogP contribution in [0.1, 0.15) is 20.8 Å². The lowest BCUT2D eigenvalue weighted by molar-refractivity contribution is -0.120. The Morgan fingerprint density at radius 2 is 2.25 bits per heavy atom. The molecule has 2 aliphatic heterocycles. The van der Waals surface area contributed by atoms with Crippen LogP contribution in [0.5, 0.6) is 0 Å². The summed E-state index contributed by atoms with van der Waals surface area (Å²) in [6.07, 6.45) is 6.12. The molecule has 2 rings (SSSR count). The SMILES string of the molecule is CC(C)C1(C)C=CC2=C(N=C1)C(=O)N(I)C2. The Kier molecular flexibility index (Phi) is 2.94. The van der Waals surface area contributed by atoms with Gasteiger partial charge in [-0.3, -0.25) is 12.9 Å². The van der Waals surface area contributed by atoms with E-state index in [1.54, 1.807) is 3.11 Å². The lowest BCUT2D eigenvalue weighted by atomic mass is 9.80. The highest BCUT2D eigenvalue weighted by Gasteiger charge is 2.32. The molecule has 1 unspecified atom stereocenters. The van der Waals surface area contributed by atoms with Gasteiger partial charge in [0.05, 0.1) is 29.4 Å². The van der Waals surface area contributed by atoms with Gasteiger partial charge < -0.3 is 0 Å². The van der Waals surface area contributed by atoms with Crippen LogP contribution < -0.4 is 0 Å². The van der Waals surface area contributed by atoms with Gasteiger partial charge in [-0.25, -0.2) is 0 Å². The fraction of sp³-hybridized carbons (Fsp3) is 0.500. The van der Waals surface area contributed by atoms with Crippen molar-refractivity contribution in [2.75, 3.05) is 6.54 Å². The molecule has 0 radical (unpaired) electrons. The molecule has 0 saturated heterocycles. The second-order valence-electron chi connectivity index (χ2n) is 4.81. The summed E-state index contributed by atoms with van der Waals surface area (Å²) in [4.78, 5) is 16.2. The average Bonchev–Trinajstić information content (AvgIpc) is 2.40. The van der Waals surface area contributed by atoms with Crippen LogP contribution in [-0.2, 0) is 4.79 Å². The Morgan fingerprint density at radius 3 is 2.88 bits per heavy atom. The fourth-order valence-corrected chi connectivity index (χ4v) is 2.28. The van der Waals surface area contributed by atoms with E-state index in [0.717, 1.165) is 5.57 Å². The third-order valence-corrected chi connectivity index (χ3v) is 4.18. The molecule has 2 heterocycles. The fourth-order valence-electron chi connectivity index (χ4n) is 1.69. The molecule has 0 bridgehead atoms. The Bertz CT molecular complexity index is 423. The summed E-state index contributed by atoms with van der Waals surface area (Å²) in [5.74, 6) is 0.489. The van der Waals surface area contributed by atoms with E-state index in [2.05, 4.69) is 37.9 Å². The molecule has 0 fully saturated rings. The summed E-state index contributed by atoms with van der Waals surface area (Å²) >= 11 is 2.03. The zero-order valence-corrected chi connectivity index (χ0v) is 11.9. The van der Waals surface area contributed by atoms with E-state index in [9.17, 15) is 4.79 Å². The molecule has 1 atom stereocenters. The lowest BCUT2D eigenvalue weighted by Crippen LogP contribution is -2.23. The van der Waals surface area contributed by atoms with Gasteiger partial charge in [-0.15, -0.1) is 0 Å². The van der Waals surface area contributed by atoms with Crippen molar-refractivity contribution >= 4 is 35.0 Å². The Morgan fingerprint density at radius 1 is 1.56 bits per heavy atom. The van der Waals surface area contributed by atoms with Crippen LogP contribution in [0.2, 0.25) is 0 Å². The summed E-state index contributed by atoms with van der Waals surface area (Å²) in [7, 11) is 0. The molecule has 86 valence electrons. The van der Waals surface area contributed by atoms with Gasteiger partial charge in [-0.05, 0) is 5.92 Å². The minimum absolute atomic E-state index is 0.0181. The van der Waals surface area contributed by atoms with Crippen molar-refractivity contribution in [3.8, 4) is 0 Å². The van der Waals surface area contributed by atoms with Gasteiger partial charge in [0.15, 0.2) is 0 Å². The third-order valence-electron chi connectivity index (χ3n) is 3.40. The first-order chi connectivity index (χ1) is 7.44. The van der Waals surface area contributed by atoms with E-state index >= 15 is 0 Å². The summed E-state index contributed by atoms with van der Waals surface area (Å²) in [5, 5.41) is 0. The normalized spacial score (nSPS) is 29.1. The number of carbonyl (C=O) groups excluding carboxylic acids is 1. The molecular weight excluding hydrogens is 315 g/mol. The van der Waals surface area contributed by atoms with Crippen molar-refractivity contribution in [2.24, 2.45) is 16.3 Å². The summed E-state index contributed by atoms with van der Waals surface area (Å²) in [6, 6.07) is 0. The molecule has 0 aromatic rings. The molecule has 2 aliphatic rings. The quantitative estimate of drug-likeness (QED) is 0.537. The van der Waals surface area contributed by atoms with Gasteiger partial charge in [-0.1, -0.05) is 32.9 Å². The van der Waals surface area contributed by atoms with E-state index in [-0.39, 0.29) is 11.3 Å². The van der Waals surface area contributed by atoms with Crippen molar-refractivity contribution in [3.63, 3.8) is 0 Å². The van der Waals surface area contributed by atoms with Crippen LogP contribution in [-0.4, -0.2) is 21.8 Å². The molecule has 0 aromatic heterocycles. The van der Waals surface area contributed by atoms with Crippen LogP contribution in [0.3, 0.4) is 0 Å². The lowest BCUT2D eigenvalue weighted by Gasteiger charge is -2.25. The van der Waals surface area contributed by atoms with Crippen molar-refractivity contribution in [1.82, 2.24) is 3.11 Å². The van der Waals surface area contributed by atoms with E-state index in [0.29, 0.717) is 18.2 Å². The first-order valence-electron chi connectivity index (χ1n) is 5.39. The zero-order valence-electron chi connectivity index (χ0n) is 9.70. The number of hydrogen-bond acceptors (Lipinski definition) is 2. The Hall–Kier alpha value is -0.650. The number of carbonyl (C=O) groups is 1.